The van der Waals surface area contributed by atoms with Gasteiger partial charge in [-0.25, -0.2) is 0 Å². The minimum Gasteiger partial charge on any atom is -0.468 e. The summed E-state index contributed by atoms with van der Waals surface area (Å²) in [5, 5.41) is 3.28. The van der Waals surface area contributed by atoms with Crippen molar-refractivity contribution in [2.24, 2.45) is 0 Å². The average molecular weight is 285 g/mol. The van der Waals surface area contributed by atoms with E-state index in [9.17, 15) is 9.59 Å². The monoisotopic (exact) mass is 285 g/mol. The van der Waals surface area contributed by atoms with Crippen LogP contribution in [0, 0.1) is 0 Å². The molecule has 1 rings (SSSR count). The molecule has 1 fully saturated rings. The number of amides is 1. The van der Waals surface area contributed by atoms with E-state index in [1.165, 1.54) is 7.11 Å². The van der Waals surface area contributed by atoms with Crippen molar-refractivity contribution < 1.29 is 14.3 Å². The van der Waals surface area contributed by atoms with E-state index < -0.39 is 5.54 Å². The Kier molecular flexibility index (Phi) is 5.95. The molecule has 0 aliphatic carbocycles. The van der Waals surface area contributed by atoms with Crippen molar-refractivity contribution in [3.63, 3.8) is 0 Å². The Balaban J connectivity index is 2.83. The van der Waals surface area contributed by atoms with E-state index in [0.29, 0.717) is 0 Å². The number of methoxy groups -OCH3 is 1. The molecule has 0 spiro atoms. The highest BCUT2D eigenvalue weighted by Crippen LogP contribution is 2.20. The van der Waals surface area contributed by atoms with Crippen molar-refractivity contribution in [2.45, 2.75) is 39.3 Å². The van der Waals surface area contributed by atoms with Gasteiger partial charge in [0.1, 0.15) is 6.54 Å². The molecule has 1 aliphatic heterocycles. The quantitative estimate of drug-likeness (QED) is 0.725. The number of esters is 1. The number of rotatable bonds is 5. The summed E-state index contributed by atoms with van der Waals surface area (Å²) >= 11 is 0. The lowest BCUT2D eigenvalue weighted by Crippen LogP contribution is -2.62. The summed E-state index contributed by atoms with van der Waals surface area (Å²) in [4.78, 5) is 28.1. The van der Waals surface area contributed by atoms with E-state index in [2.05, 4.69) is 15.0 Å². The first-order valence-corrected chi connectivity index (χ1v) is 7.14. The topological polar surface area (TPSA) is 61.9 Å². The maximum Gasteiger partial charge on any atom is 0.325 e. The molecule has 1 heterocycles. The van der Waals surface area contributed by atoms with E-state index in [4.69, 9.17) is 0 Å². The zero-order chi connectivity index (χ0) is 15.3. The SMILES string of the molecule is COC(=O)CN(C(=O)C(C)(C)N1CCNCC1)C(C)C. The lowest BCUT2D eigenvalue weighted by Gasteiger charge is -2.43. The number of piperazine rings is 1. The zero-order valence-electron chi connectivity index (χ0n) is 13.2. The molecule has 6 nitrogen and oxygen atoms in total. The molecular formula is C14H27N3O3. The van der Waals surface area contributed by atoms with Crippen LogP contribution in [0.1, 0.15) is 27.7 Å². The number of hydrogen-bond acceptors (Lipinski definition) is 5. The van der Waals surface area contributed by atoms with Gasteiger partial charge in [0.25, 0.3) is 0 Å². The van der Waals surface area contributed by atoms with Crippen molar-refractivity contribution in [1.82, 2.24) is 15.1 Å². The Labute approximate surface area is 121 Å². The van der Waals surface area contributed by atoms with Crippen LogP contribution in [0.25, 0.3) is 0 Å². The molecule has 0 radical (unpaired) electrons. The molecule has 116 valence electrons. The van der Waals surface area contributed by atoms with Crippen molar-refractivity contribution in [1.29, 1.82) is 0 Å². The lowest BCUT2D eigenvalue weighted by molar-refractivity contribution is -0.153. The van der Waals surface area contributed by atoms with Crippen LogP contribution in [0.2, 0.25) is 0 Å². The van der Waals surface area contributed by atoms with E-state index >= 15 is 0 Å². The molecule has 0 aromatic carbocycles. The van der Waals surface area contributed by atoms with Gasteiger partial charge in [-0.1, -0.05) is 0 Å². The van der Waals surface area contributed by atoms with Gasteiger partial charge in [0.2, 0.25) is 5.91 Å². The second-order valence-electron chi connectivity index (χ2n) is 5.90. The molecule has 1 aliphatic rings. The maximum atomic E-state index is 12.8. The van der Waals surface area contributed by atoms with Gasteiger partial charge in [0.15, 0.2) is 0 Å². The third-order valence-electron chi connectivity index (χ3n) is 3.84. The van der Waals surface area contributed by atoms with Crippen molar-refractivity contribution in [2.75, 3.05) is 39.8 Å². The predicted octanol–water partition coefficient (Wildman–Crippen LogP) is 0.0802. The molecule has 1 amide bonds. The first-order chi connectivity index (χ1) is 9.30. The van der Waals surface area contributed by atoms with Gasteiger partial charge in [-0.05, 0) is 27.7 Å². The Bertz CT molecular complexity index is 350. The molecule has 1 N–H and O–H groups in total. The van der Waals surface area contributed by atoms with E-state index in [0.717, 1.165) is 26.2 Å². The second-order valence-corrected chi connectivity index (χ2v) is 5.90. The molecule has 1 saturated heterocycles. The van der Waals surface area contributed by atoms with Crippen LogP contribution in [0.4, 0.5) is 0 Å². The average Bonchev–Trinajstić information content (AvgIpc) is 2.44. The second kappa shape index (κ2) is 7.04. The highest BCUT2D eigenvalue weighted by Gasteiger charge is 2.39. The van der Waals surface area contributed by atoms with Gasteiger partial charge in [0, 0.05) is 32.2 Å². The number of hydrogen-bond donors (Lipinski definition) is 1. The van der Waals surface area contributed by atoms with Crippen LogP contribution in [0.15, 0.2) is 0 Å². The van der Waals surface area contributed by atoms with Crippen LogP contribution in [-0.4, -0.2) is 73.1 Å². The number of nitrogens with zero attached hydrogens (tertiary/aromatic N) is 2. The molecule has 6 heteroatoms. The molecule has 0 aromatic rings. The summed E-state index contributed by atoms with van der Waals surface area (Å²) in [6, 6.07) is -0.0382. The minimum atomic E-state index is -0.611. The Morgan fingerprint density at radius 3 is 2.30 bits per heavy atom. The summed E-state index contributed by atoms with van der Waals surface area (Å²) in [6.07, 6.45) is 0. The van der Waals surface area contributed by atoms with E-state index in [1.54, 1.807) is 4.90 Å². The summed E-state index contributed by atoms with van der Waals surface area (Å²) in [5.41, 5.74) is -0.611. The highest BCUT2D eigenvalue weighted by molar-refractivity contribution is 5.88. The lowest BCUT2D eigenvalue weighted by atomic mass is 9.98. The number of carbonyl (C=O) groups excluding carboxylic acids is 2. The maximum absolute atomic E-state index is 12.8. The molecule has 0 aromatic heterocycles. The number of nitrogens with one attached hydrogen (secondary N) is 1. The third kappa shape index (κ3) is 3.93. The highest BCUT2D eigenvalue weighted by atomic mass is 16.5. The van der Waals surface area contributed by atoms with Crippen molar-refractivity contribution in [3.8, 4) is 0 Å². The van der Waals surface area contributed by atoms with E-state index in [1.807, 2.05) is 27.7 Å². The zero-order valence-corrected chi connectivity index (χ0v) is 13.2. The summed E-state index contributed by atoms with van der Waals surface area (Å²) in [6.45, 7) is 11.1. The molecule has 20 heavy (non-hydrogen) atoms. The molecule has 0 unspecified atom stereocenters. The van der Waals surface area contributed by atoms with Gasteiger partial charge < -0.3 is 15.0 Å². The first-order valence-electron chi connectivity index (χ1n) is 7.14. The minimum absolute atomic E-state index is 0.00250. The molecule has 0 bridgehead atoms. The standard InChI is InChI=1S/C14H27N3O3/c1-11(2)17(10-12(18)20-5)13(19)14(3,4)16-8-6-15-7-9-16/h11,15H,6-10H2,1-5H3. The summed E-state index contributed by atoms with van der Waals surface area (Å²) < 4.78 is 4.68. The van der Waals surface area contributed by atoms with Crippen LogP contribution >= 0.6 is 0 Å². The smallest absolute Gasteiger partial charge is 0.325 e. The fraction of sp³-hybridized carbons (Fsp3) is 0.857. The van der Waals surface area contributed by atoms with Crippen molar-refractivity contribution >= 4 is 11.9 Å². The summed E-state index contributed by atoms with van der Waals surface area (Å²) in [7, 11) is 1.34. The normalized spacial score (nSPS) is 17.1. The van der Waals surface area contributed by atoms with Gasteiger partial charge in [-0.3, -0.25) is 14.5 Å². The Hall–Kier alpha value is -1.14. The number of ether oxygens (including phenoxy) is 1. The van der Waals surface area contributed by atoms with Crippen LogP contribution < -0.4 is 5.32 Å². The molecule has 0 saturated carbocycles. The fourth-order valence-corrected chi connectivity index (χ4v) is 2.40. The van der Waals surface area contributed by atoms with Gasteiger partial charge in [-0.2, -0.15) is 0 Å². The Morgan fingerprint density at radius 2 is 1.85 bits per heavy atom. The van der Waals surface area contributed by atoms with Crippen LogP contribution in [0.3, 0.4) is 0 Å². The van der Waals surface area contributed by atoms with Gasteiger partial charge in [-0.15, -0.1) is 0 Å². The Morgan fingerprint density at radius 1 is 1.30 bits per heavy atom. The fourth-order valence-electron chi connectivity index (χ4n) is 2.40. The predicted molar refractivity (Wildman–Crippen MR) is 77.4 cm³/mol. The molecular weight excluding hydrogens is 258 g/mol. The van der Waals surface area contributed by atoms with Gasteiger partial charge in [0.05, 0.1) is 12.6 Å². The molecule has 0 atom stereocenters. The van der Waals surface area contributed by atoms with Gasteiger partial charge >= 0.3 is 5.97 Å². The number of carbonyl (C=O) groups is 2. The summed E-state index contributed by atoms with van der Waals surface area (Å²) in [5.74, 6) is -0.414. The van der Waals surface area contributed by atoms with Crippen LogP contribution in [0.5, 0.6) is 0 Å². The first kappa shape index (κ1) is 16.9. The largest absolute Gasteiger partial charge is 0.468 e. The van der Waals surface area contributed by atoms with E-state index in [-0.39, 0.29) is 24.5 Å². The van der Waals surface area contributed by atoms with Crippen LogP contribution in [-0.2, 0) is 14.3 Å². The van der Waals surface area contributed by atoms with Crippen molar-refractivity contribution in [3.05, 3.63) is 0 Å². The third-order valence-corrected chi connectivity index (χ3v) is 3.84.